The average molecular weight is 382 g/mol. The molecule has 0 radical (unpaired) electrons. The Morgan fingerprint density at radius 1 is 0.929 bits per heavy atom. The zero-order chi connectivity index (χ0) is 19.5. The number of likely N-dealkylation sites (tertiary alicyclic amines) is 1. The van der Waals surface area contributed by atoms with Crippen molar-refractivity contribution in [2.24, 2.45) is 28.6 Å². The van der Waals surface area contributed by atoms with E-state index < -0.39 is 0 Å². The van der Waals surface area contributed by atoms with E-state index in [0.717, 1.165) is 36.3 Å². The van der Waals surface area contributed by atoms with Crippen LogP contribution in [0, 0.1) is 28.6 Å². The summed E-state index contributed by atoms with van der Waals surface area (Å²) in [5.41, 5.74) is 0.613. The fourth-order valence-electron chi connectivity index (χ4n) is 7.96. The van der Waals surface area contributed by atoms with Crippen LogP contribution in [0.4, 0.5) is 0 Å². The predicted molar refractivity (Wildman–Crippen MR) is 111 cm³/mol. The maximum Gasteiger partial charge on any atom is 0.222 e. The van der Waals surface area contributed by atoms with Crippen LogP contribution in [0.1, 0.15) is 65.2 Å². The minimum atomic E-state index is 0.302. The van der Waals surface area contributed by atoms with Gasteiger partial charge < -0.3 is 9.64 Å². The molecule has 3 saturated carbocycles. The van der Waals surface area contributed by atoms with Crippen molar-refractivity contribution in [3.05, 3.63) is 30.3 Å². The van der Waals surface area contributed by atoms with Crippen molar-refractivity contribution in [2.45, 2.75) is 77.4 Å². The van der Waals surface area contributed by atoms with Crippen molar-refractivity contribution in [1.29, 1.82) is 0 Å². The van der Waals surface area contributed by atoms with Crippen LogP contribution in [0.5, 0.6) is 5.75 Å². The molecule has 1 aliphatic heterocycles. The molecule has 28 heavy (non-hydrogen) atoms. The molecular weight excluding hydrogens is 346 g/mol. The molecule has 3 heteroatoms. The second kappa shape index (κ2) is 6.50. The number of carbonyl (C=O) groups excluding carboxylic acids is 1. The first-order valence-corrected chi connectivity index (χ1v) is 11.4. The molecule has 152 valence electrons. The van der Waals surface area contributed by atoms with E-state index in [1.54, 1.807) is 0 Å². The summed E-state index contributed by atoms with van der Waals surface area (Å²) in [6, 6.07) is 10.9. The summed E-state index contributed by atoms with van der Waals surface area (Å²) in [6.45, 7) is 5.02. The van der Waals surface area contributed by atoms with Gasteiger partial charge in [0.2, 0.25) is 5.91 Å². The van der Waals surface area contributed by atoms with E-state index in [-0.39, 0.29) is 0 Å². The monoisotopic (exact) mass is 381 g/mol. The van der Waals surface area contributed by atoms with E-state index in [1.165, 1.54) is 38.5 Å². The quantitative estimate of drug-likeness (QED) is 0.696. The van der Waals surface area contributed by atoms with Gasteiger partial charge in [-0.1, -0.05) is 32.0 Å². The standard InChI is InChI=1S/C25H35NO2/c1-24-16-14-23(27)26(3)21(24)11-9-18-19-10-12-22(25(19,2)15-13-20(18)24)28-17-7-5-4-6-8-17/h4-8,18-22H,9-16H2,1-3H3/t18-,19-,20-,21+,22+,24+,25-/m0/s1. The highest BCUT2D eigenvalue weighted by atomic mass is 16.5. The second-order valence-electron chi connectivity index (χ2n) is 10.5. The maximum absolute atomic E-state index is 12.3. The number of piperidine rings is 1. The van der Waals surface area contributed by atoms with Gasteiger partial charge >= 0.3 is 0 Å². The largest absolute Gasteiger partial charge is 0.490 e. The van der Waals surface area contributed by atoms with Gasteiger partial charge in [-0.15, -0.1) is 0 Å². The Hall–Kier alpha value is -1.51. The van der Waals surface area contributed by atoms with Crippen LogP contribution >= 0.6 is 0 Å². The SMILES string of the molecule is CN1C(=O)CC[C@]2(C)[C@H]3CC[C@]4(C)[C@H](Oc5ccccc5)CC[C@H]4[C@@H]3CC[C@@H]12. The highest BCUT2D eigenvalue weighted by Crippen LogP contribution is 2.65. The highest BCUT2D eigenvalue weighted by Gasteiger charge is 2.61. The van der Waals surface area contributed by atoms with Gasteiger partial charge in [0.15, 0.2) is 0 Å². The zero-order valence-electron chi connectivity index (χ0n) is 17.7. The fraction of sp³-hybridized carbons (Fsp3) is 0.720. The van der Waals surface area contributed by atoms with Crippen molar-refractivity contribution >= 4 is 5.91 Å². The molecule has 5 rings (SSSR count). The lowest BCUT2D eigenvalue weighted by molar-refractivity contribution is -0.159. The van der Waals surface area contributed by atoms with Crippen LogP contribution in [0.25, 0.3) is 0 Å². The van der Waals surface area contributed by atoms with E-state index in [4.69, 9.17) is 4.74 Å². The molecule has 1 saturated heterocycles. The first-order valence-electron chi connectivity index (χ1n) is 11.4. The molecular formula is C25H35NO2. The number of nitrogens with zero attached hydrogens (tertiary/aromatic N) is 1. The lowest BCUT2D eigenvalue weighted by Crippen LogP contribution is -2.61. The van der Waals surface area contributed by atoms with Crippen molar-refractivity contribution < 1.29 is 9.53 Å². The Morgan fingerprint density at radius 2 is 1.68 bits per heavy atom. The van der Waals surface area contributed by atoms with Gasteiger partial charge in [-0.25, -0.2) is 0 Å². The molecule has 3 nitrogen and oxygen atoms in total. The maximum atomic E-state index is 12.3. The van der Waals surface area contributed by atoms with Gasteiger partial charge in [0.05, 0.1) is 0 Å². The van der Waals surface area contributed by atoms with Gasteiger partial charge in [0, 0.05) is 24.9 Å². The molecule has 1 heterocycles. The molecule has 1 amide bonds. The Kier molecular flexibility index (Phi) is 4.30. The Bertz CT molecular complexity index is 748. The third-order valence-corrected chi connectivity index (χ3v) is 9.49. The summed E-state index contributed by atoms with van der Waals surface area (Å²) >= 11 is 0. The second-order valence-corrected chi connectivity index (χ2v) is 10.5. The van der Waals surface area contributed by atoms with E-state index in [2.05, 4.69) is 56.1 Å². The number of hydrogen-bond donors (Lipinski definition) is 0. The Labute approximate surface area is 169 Å². The normalized spacial score (nSPS) is 45.2. The van der Waals surface area contributed by atoms with Crippen LogP contribution in [0.3, 0.4) is 0 Å². The molecule has 1 aromatic rings. The summed E-state index contributed by atoms with van der Waals surface area (Å²) < 4.78 is 6.54. The number of hydrogen-bond acceptors (Lipinski definition) is 2. The average Bonchev–Trinajstić information content (AvgIpc) is 3.02. The van der Waals surface area contributed by atoms with Crippen LogP contribution < -0.4 is 4.74 Å². The van der Waals surface area contributed by atoms with Crippen molar-refractivity contribution in [3.63, 3.8) is 0 Å². The molecule has 3 aliphatic carbocycles. The molecule has 0 bridgehead atoms. The highest BCUT2D eigenvalue weighted by molar-refractivity contribution is 5.77. The molecule has 0 aromatic heterocycles. The number of ether oxygens (including phenoxy) is 1. The summed E-state index contributed by atoms with van der Waals surface area (Å²) in [5, 5.41) is 0. The van der Waals surface area contributed by atoms with E-state index in [0.29, 0.717) is 28.9 Å². The van der Waals surface area contributed by atoms with Crippen molar-refractivity contribution in [3.8, 4) is 5.75 Å². The van der Waals surface area contributed by atoms with Gasteiger partial charge in [0.1, 0.15) is 11.9 Å². The van der Waals surface area contributed by atoms with Crippen molar-refractivity contribution in [2.75, 3.05) is 7.05 Å². The number of amides is 1. The van der Waals surface area contributed by atoms with Gasteiger partial charge in [-0.3, -0.25) is 4.79 Å². The molecule has 4 aliphatic rings. The first-order chi connectivity index (χ1) is 13.4. The minimum Gasteiger partial charge on any atom is -0.490 e. The van der Waals surface area contributed by atoms with Crippen LogP contribution in [0.15, 0.2) is 30.3 Å². The summed E-state index contributed by atoms with van der Waals surface area (Å²) in [7, 11) is 2.05. The van der Waals surface area contributed by atoms with Gasteiger partial charge in [-0.2, -0.15) is 0 Å². The molecule has 4 fully saturated rings. The van der Waals surface area contributed by atoms with Crippen molar-refractivity contribution in [1.82, 2.24) is 4.90 Å². The topological polar surface area (TPSA) is 29.5 Å². The molecule has 1 aromatic carbocycles. The number of carbonyl (C=O) groups is 1. The van der Waals surface area contributed by atoms with E-state index in [1.807, 2.05) is 0 Å². The lowest BCUT2D eigenvalue weighted by atomic mass is 9.47. The number of rotatable bonds is 2. The van der Waals surface area contributed by atoms with Gasteiger partial charge in [-0.05, 0) is 80.2 Å². The molecule has 7 atom stereocenters. The smallest absolute Gasteiger partial charge is 0.222 e. The third-order valence-electron chi connectivity index (χ3n) is 9.49. The van der Waals surface area contributed by atoms with Gasteiger partial charge in [0.25, 0.3) is 0 Å². The first kappa shape index (κ1) is 18.5. The van der Waals surface area contributed by atoms with Crippen LogP contribution in [-0.2, 0) is 4.79 Å². The number of para-hydroxylation sites is 1. The lowest BCUT2D eigenvalue weighted by Gasteiger charge is -2.61. The number of benzene rings is 1. The summed E-state index contributed by atoms with van der Waals surface area (Å²) in [4.78, 5) is 14.4. The summed E-state index contributed by atoms with van der Waals surface area (Å²) in [5.74, 6) is 3.75. The predicted octanol–water partition coefficient (Wildman–Crippen LogP) is 5.30. The van der Waals surface area contributed by atoms with Crippen LogP contribution in [0.2, 0.25) is 0 Å². The summed E-state index contributed by atoms with van der Waals surface area (Å²) in [6.07, 6.45) is 9.75. The number of fused-ring (bicyclic) bond motifs is 5. The van der Waals surface area contributed by atoms with E-state index in [9.17, 15) is 4.79 Å². The molecule has 0 N–H and O–H groups in total. The minimum absolute atomic E-state index is 0.302. The zero-order valence-corrected chi connectivity index (χ0v) is 17.7. The molecule has 0 unspecified atom stereocenters. The Balaban J connectivity index is 1.39. The fourth-order valence-corrected chi connectivity index (χ4v) is 7.96. The van der Waals surface area contributed by atoms with E-state index >= 15 is 0 Å². The molecule has 0 spiro atoms. The Morgan fingerprint density at radius 3 is 2.46 bits per heavy atom. The third kappa shape index (κ3) is 2.57. The van der Waals surface area contributed by atoms with Crippen LogP contribution in [-0.4, -0.2) is 30.0 Å².